The molecule has 2 aliphatic rings. The fraction of sp³-hybridized carbons (Fsp3) is 0.550. The molecule has 1 heterocycles. The maximum absolute atomic E-state index is 13.1. The molecule has 2 aromatic rings. The summed E-state index contributed by atoms with van der Waals surface area (Å²) in [5, 5.41) is 0. The summed E-state index contributed by atoms with van der Waals surface area (Å²) in [5.74, 6) is 1.06. The van der Waals surface area contributed by atoms with E-state index in [1.165, 1.54) is 0 Å². The van der Waals surface area contributed by atoms with Gasteiger partial charge in [0.05, 0.1) is 11.0 Å². The van der Waals surface area contributed by atoms with Crippen LogP contribution in [0.4, 0.5) is 4.79 Å². The Kier molecular flexibility index (Phi) is 3.82. The number of imidazole rings is 1. The summed E-state index contributed by atoms with van der Waals surface area (Å²) >= 11 is 0. The lowest BCUT2D eigenvalue weighted by Crippen LogP contribution is -2.35. The topological polar surface area (TPSA) is 70.3 Å². The zero-order valence-electron chi connectivity index (χ0n) is 15.4. The predicted molar refractivity (Wildman–Crippen MR) is 97.3 cm³/mol. The van der Waals surface area contributed by atoms with E-state index >= 15 is 0 Å². The Morgan fingerprint density at radius 2 is 1.62 bits per heavy atom. The van der Waals surface area contributed by atoms with Crippen LogP contribution in [0.15, 0.2) is 29.1 Å². The highest BCUT2D eigenvalue weighted by Crippen LogP contribution is 2.47. The number of ether oxygens (including phenoxy) is 1. The van der Waals surface area contributed by atoms with Crippen LogP contribution in [0.3, 0.4) is 0 Å². The van der Waals surface area contributed by atoms with Crippen LogP contribution < -0.4 is 5.69 Å². The van der Waals surface area contributed by atoms with E-state index in [2.05, 4.69) is 0 Å². The van der Waals surface area contributed by atoms with Crippen LogP contribution in [-0.4, -0.2) is 26.6 Å². The second kappa shape index (κ2) is 5.83. The number of rotatable bonds is 1. The summed E-state index contributed by atoms with van der Waals surface area (Å²) in [7, 11) is 0. The summed E-state index contributed by atoms with van der Waals surface area (Å²) in [5.41, 5.74) is 0.293. The van der Waals surface area contributed by atoms with Crippen LogP contribution in [0.5, 0.6) is 0 Å². The highest BCUT2D eigenvalue weighted by Gasteiger charge is 2.43. The monoisotopic (exact) mass is 356 g/mol. The van der Waals surface area contributed by atoms with Gasteiger partial charge in [-0.3, -0.25) is 9.36 Å². The number of para-hydroxylation sites is 2. The molecule has 1 aromatic carbocycles. The van der Waals surface area contributed by atoms with Crippen molar-refractivity contribution in [2.45, 2.75) is 58.1 Å². The molecule has 2 saturated carbocycles. The molecule has 138 valence electrons. The molecule has 0 bridgehead atoms. The molecule has 1 aromatic heterocycles. The van der Waals surface area contributed by atoms with Crippen LogP contribution >= 0.6 is 0 Å². The smallest absolute Gasteiger partial charge is 0.423 e. The molecular weight excluding hydrogens is 332 g/mol. The fourth-order valence-corrected chi connectivity index (χ4v) is 4.57. The van der Waals surface area contributed by atoms with Crippen molar-refractivity contribution in [3.05, 3.63) is 34.7 Å². The van der Waals surface area contributed by atoms with E-state index in [1.54, 1.807) is 31.4 Å². The number of hydrogen-bond acceptors (Lipinski definition) is 4. The van der Waals surface area contributed by atoms with E-state index in [-0.39, 0.29) is 11.7 Å². The summed E-state index contributed by atoms with van der Waals surface area (Å²) in [6, 6.07) is 7.36. The summed E-state index contributed by atoms with van der Waals surface area (Å²) in [6.45, 7) is 5.35. The van der Waals surface area contributed by atoms with Crippen LogP contribution in [0.2, 0.25) is 0 Å². The normalized spacial score (nSPS) is 25.7. The first kappa shape index (κ1) is 17.1. The highest BCUT2D eigenvalue weighted by molar-refractivity contribution is 5.87. The number of benzene rings is 1. The first-order valence-corrected chi connectivity index (χ1v) is 9.21. The minimum absolute atomic E-state index is 0.0270. The number of ketones is 1. The maximum atomic E-state index is 13.1. The third-order valence-electron chi connectivity index (χ3n) is 5.52. The molecule has 6 nitrogen and oxygen atoms in total. The number of aromatic nitrogens is 2. The Morgan fingerprint density at radius 1 is 1.04 bits per heavy atom. The van der Waals surface area contributed by atoms with Gasteiger partial charge in [-0.05, 0) is 57.6 Å². The van der Waals surface area contributed by atoms with Crippen molar-refractivity contribution in [3.8, 4) is 0 Å². The van der Waals surface area contributed by atoms with Gasteiger partial charge in [-0.15, -0.1) is 0 Å². The van der Waals surface area contributed by atoms with Crippen LogP contribution in [-0.2, 0) is 9.53 Å². The molecule has 0 N–H and O–H groups in total. The van der Waals surface area contributed by atoms with Gasteiger partial charge in [-0.2, -0.15) is 4.57 Å². The van der Waals surface area contributed by atoms with Crippen molar-refractivity contribution in [1.82, 2.24) is 9.13 Å². The maximum Gasteiger partial charge on any atom is 0.423 e. The zero-order valence-corrected chi connectivity index (χ0v) is 15.4. The Morgan fingerprint density at radius 3 is 2.19 bits per heavy atom. The predicted octanol–water partition coefficient (Wildman–Crippen LogP) is 3.52. The number of hydrogen-bond donors (Lipinski definition) is 0. The minimum Gasteiger partial charge on any atom is -0.443 e. The first-order valence-electron chi connectivity index (χ1n) is 9.21. The molecule has 0 aliphatic heterocycles. The summed E-state index contributed by atoms with van der Waals surface area (Å²) in [6.07, 6.45) is 2.24. The van der Waals surface area contributed by atoms with Crippen molar-refractivity contribution in [3.63, 3.8) is 0 Å². The van der Waals surface area contributed by atoms with Gasteiger partial charge in [0.2, 0.25) is 0 Å². The lowest BCUT2D eigenvalue weighted by Gasteiger charge is -2.19. The third-order valence-corrected chi connectivity index (χ3v) is 5.52. The molecule has 0 radical (unpaired) electrons. The number of fused-ring (bicyclic) bond motifs is 2. The molecule has 4 rings (SSSR count). The van der Waals surface area contributed by atoms with Gasteiger partial charge in [-0.1, -0.05) is 12.1 Å². The van der Waals surface area contributed by atoms with E-state index in [0.717, 1.165) is 22.9 Å². The van der Waals surface area contributed by atoms with E-state index in [0.29, 0.717) is 36.0 Å². The molecule has 0 spiro atoms. The van der Waals surface area contributed by atoms with Crippen LogP contribution in [0.1, 0.15) is 52.5 Å². The minimum atomic E-state index is -0.676. The number of carbonyl (C=O) groups is 2. The Hall–Kier alpha value is -2.37. The van der Waals surface area contributed by atoms with Gasteiger partial charge in [0.25, 0.3) is 0 Å². The van der Waals surface area contributed by atoms with Gasteiger partial charge in [-0.25, -0.2) is 9.59 Å². The Bertz CT molecular complexity index is 931. The number of nitrogens with zero attached hydrogens (tertiary/aromatic N) is 2. The molecule has 26 heavy (non-hydrogen) atoms. The van der Waals surface area contributed by atoms with Crippen molar-refractivity contribution in [2.24, 2.45) is 11.8 Å². The van der Waals surface area contributed by atoms with E-state index in [9.17, 15) is 14.4 Å². The number of Topliss-reactive ketones (excluding diaryl/α,β-unsaturated/α-hetero) is 1. The number of carbonyl (C=O) groups excluding carboxylic acids is 2. The average Bonchev–Trinajstić information content (AvgIpc) is 3.13. The standard InChI is InChI=1S/C20H24N2O4/c1-20(2,3)26-19(25)22-17-7-5-4-6-16(17)21(18(22)24)14-8-12-10-15(23)11-13(12)9-14/h4-7,12-14H,8-11H2,1-3H3/t12-,13?,14?/m1/s1. The molecule has 0 saturated heterocycles. The summed E-state index contributed by atoms with van der Waals surface area (Å²) < 4.78 is 8.32. The highest BCUT2D eigenvalue weighted by atomic mass is 16.6. The largest absolute Gasteiger partial charge is 0.443 e. The van der Waals surface area contributed by atoms with Crippen molar-refractivity contribution in [1.29, 1.82) is 0 Å². The average molecular weight is 356 g/mol. The van der Waals surface area contributed by atoms with E-state index in [1.807, 2.05) is 18.2 Å². The Balaban J connectivity index is 1.77. The SMILES string of the molecule is CC(C)(C)OC(=O)n1c(=O)n(C2CC3CC(=O)C[C@H]3C2)c2ccccc21. The molecule has 0 amide bonds. The third kappa shape index (κ3) is 2.77. The van der Waals surface area contributed by atoms with Gasteiger partial charge in [0.15, 0.2) is 0 Å². The van der Waals surface area contributed by atoms with Gasteiger partial charge >= 0.3 is 11.8 Å². The molecule has 2 unspecified atom stereocenters. The lowest BCUT2D eigenvalue weighted by atomic mass is 10.0. The molecule has 2 fully saturated rings. The van der Waals surface area contributed by atoms with Crippen LogP contribution in [0.25, 0.3) is 11.0 Å². The van der Waals surface area contributed by atoms with Crippen molar-refractivity contribution < 1.29 is 14.3 Å². The van der Waals surface area contributed by atoms with E-state index < -0.39 is 11.7 Å². The second-order valence-corrected chi connectivity index (χ2v) is 8.55. The van der Waals surface area contributed by atoms with Crippen molar-refractivity contribution >= 4 is 22.9 Å². The summed E-state index contributed by atoms with van der Waals surface area (Å²) in [4.78, 5) is 37.5. The lowest BCUT2D eigenvalue weighted by molar-refractivity contribution is -0.117. The fourth-order valence-electron chi connectivity index (χ4n) is 4.57. The first-order chi connectivity index (χ1) is 12.2. The van der Waals surface area contributed by atoms with Crippen molar-refractivity contribution in [2.75, 3.05) is 0 Å². The van der Waals surface area contributed by atoms with Gasteiger partial charge < -0.3 is 4.74 Å². The molecular formula is C20H24N2O4. The second-order valence-electron chi connectivity index (χ2n) is 8.55. The van der Waals surface area contributed by atoms with E-state index in [4.69, 9.17) is 4.74 Å². The quantitative estimate of drug-likeness (QED) is 0.784. The van der Waals surface area contributed by atoms with Gasteiger partial charge in [0.1, 0.15) is 11.4 Å². The zero-order chi connectivity index (χ0) is 18.6. The van der Waals surface area contributed by atoms with Gasteiger partial charge in [0, 0.05) is 18.9 Å². The Labute approximate surface area is 151 Å². The van der Waals surface area contributed by atoms with Crippen LogP contribution in [0, 0.1) is 11.8 Å². The molecule has 3 atom stereocenters. The molecule has 2 aliphatic carbocycles. The molecule has 6 heteroatoms.